The van der Waals surface area contributed by atoms with E-state index in [-0.39, 0.29) is 0 Å². The molecule has 2 heterocycles. The van der Waals surface area contributed by atoms with Crippen LogP contribution in [0.2, 0.25) is 0 Å². The lowest BCUT2D eigenvalue weighted by molar-refractivity contribution is 0.238. The SMILES string of the molecule is c1csc(Nc2ccc(OCCN3CCCC3)cc2)c1. The molecule has 2 aromatic rings. The van der Waals surface area contributed by atoms with Crippen LogP contribution in [0.25, 0.3) is 0 Å². The third-order valence-corrected chi connectivity index (χ3v) is 4.30. The second kappa shape index (κ2) is 6.77. The molecule has 1 aliphatic rings. The summed E-state index contributed by atoms with van der Waals surface area (Å²) in [6.07, 6.45) is 2.67. The monoisotopic (exact) mass is 288 g/mol. The van der Waals surface area contributed by atoms with Crippen molar-refractivity contribution in [3.8, 4) is 5.75 Å². The van der Waals surface area contributed by atoms with Gasteiger partial charge in [0.05, 0.1) is 5.00 Å². The molecule has 0 aliphatic carbocycles. The van der Waals surface area contributed by atoms with Gasteiger partial charge in [0.15, 0.2) is 0 Å². The zero-order valence-corrected chi connectivity index (χ0v) is 12.4. The van der Waals surface area contributed by atoms with E-state index in [9.17, 15) is 0 Å². The van der Waals surface area contributed by atoms with Crippen molar-refractivity contribution in [1.29, 1.82) is 0 Å². The Bertz CT molecular complexity index is 504. The van der Waals surface area contributed by atoms with Crippen LogP contribution in [0, 0.1) is 0 Å². The lowest BCUT2D eigenvalue weighted by atomic mass is 10.3. The summed E-state index contributed by atoms with van der Waals surface area (Å²) >= 11 is 1.70. The van der Waals surface area contributed by atoms with E-state index in [1.165, 1.54) is 25.9 Å². The van der Waals surface area contributed by atoms with Crippen LogP contribution >= 0.6 is 11.3 Å². The van der Waals surface area contributed by atoms with E-state index < -0.39 is 0 Å². The molecule has 3 nitrogen and oxygen atoms in total. The zero-order chi connectivity index (χ0) is 13.6. The average Bonchev–Trinajstić information content (AvgIpc) is 3.14. The number of hydrogen-bond acceptors (Lipinski definition) is 4. The van der Waals surface area contributed by atoms with Gasteiger partial charge < -0.3 is 10.1 Å². The molecule has 0 radical (unpaired) electrons. The summed E-state index contributed by atoms with van der Waals surface area (Å²) in [6.45, 7) is 4.27. The highest BCUT2D eigenvalue weighted by atomic mass is 32.1. The predicted molar refractivity (Wildman–Crippen MR) is 85.2 cm³/mol. The van der Waals surface area contributed by atoms with Crippen molar-refractivity contribution in [3.05, 3.63) is 41.8 Å². The number of rotatable bonds is 6. The summed E-state index contributed by atoms with van der Waals surface area (Å²) in [5.74, 6) is 0.945. The van der Waals surface area contributed by atoms with Gasteiger partial charge in [0.1, 0.15) is 12.4 Å². The van der Waals surface area contributed by atoms with Gasteiger partial charge in [-0.15, -0.1) is 11.3 Å². The van der Waals surface area contributed by atoms with E-state index >= 15 is 0 Å². The molecule has 0 saturated carbocycles. The fraction of sp³-hybridized carbons (Fsp3) is 0.375. The predicted octanol–water partition coefficient (Wildman–Crippen LogP) is 3.97. The Morgan fingerprint density at radius 1 is 1.10 bits per heavy atom. The molecule has 0 spiro atoms. The van der Waals surface area contributed by atoms with Gasteiger partial charge in [-0.2, -0.15) is 0 Å². The molecule has 3 rings (SSSR count). The van der Waals surface area contributed by atoms with E-state index in [0.29, 0.717) is 0 Å². The number of thiophene rings is 1. The van der Waals surface area contributed by atoms with Gasteiger partial charge in [0.25, 0.3) is 0 Å². The van der Waals surface area contributed by atoms with Crippen molar-refractivity contribution in [2.24, 2.45) is 0 Å². The van der Waals surface area contributed by atoms with Crippen molar-refractivity contribution in [2.45, 2.75) is 12.8 Å². The highest BCUT2D eigenvalue weighted by Gasteiger charge is 2.10. The molecule has 0 unspecified atom stereocenters. The van der Waals surface area contributed by atoms with Gasteiger partial charge in [0, 0.05) is 12.2 Å². The van der Waals surface area contributed by atoms with Gasteiger partial charge in [0.2, 0.25) is 0 Å². The normalized spacial score (nSPS) is 15.4. The Morgan fingerprint density at radius 2 is 1.90 bits per heavy atom. The molecule has 4 heteroatoms. The van der Waals surface area contributed by atoms with Crippen LogP contribution in [0.3, 0.4) is 0 Å². The van der Waals surface area contributed by atoms with Crippen molar-refractivity contribution in [3.63, 3.8) is 0 Å². The maximum atomic E-state index is 5.79. The molecule has 0 bridgehead atoms. The van der Waals surface area contributed by atoms with E-state index in [1.54, 1.807) is 11.3 Å². The summed E-state index contributed by atoms with van der Waals surface area (Å²) in [4.78, 5) is 2.46. The summed E-state index contributed by atoms with van der Waals surface area (Å²) in [5, 5.41) is 6.59. The molecule has 1 N–H and O–H groups in total. The van der Waals surface area contributed by atoms with Crippen molar-refractivity contribution < 1.29 is 4.74 Å². The van der Waals surface area contributed by atoms with Gasteiger partial charge >= 0.3 is 0 Å². The Hall–Kier alpha value is -1.52. The first-order valence-electron chi connectivity index (χ1n) is 7.16. The second-order valence-electron chi connectivity index (χ2n) is 5.02. The van der Waals surface area contributed by atoms with E-state index in [1.807, 2.05) is 18.2 Å². The van der Waals surface area contributed by atoms with Crippen LogP contribution in [-0.2, 0) is 0 Å². The van der Waals surface area contributed by atoms with Gasteiger partial charge in [-0.3, -0.25) is 4.90 Å². The van der Waals surface area contributed by atoms with Crippen LogP contribution in [0.5, 0.6) is 5.75 Å². The van der Waals surface area contributed by atoms with Gasteiger partial charge in [-0.1, -0.05) is 0 Å². The number of anilines is 2. The number of hydrogen-bond donors (Lipinski definition) is 1. The number of benzene rings is 1. The highest BCUT2D eigenvalue weighted by Crippen LogP contribution is 2.23. The summed E-state index contributed by atoms with van der Waals surface area (Å²) in [7, 11) is 0. The quantitative estimate of drug-likeness (QED) is 0.870. The zero-order valence-electron chi connectivity index (χ0n) is 11.5. The van der Waals surface area contributed by atoms with Gasteiger partial charge in [-0.05, 0) is 67.7 Å². The Labute approximate surface area is 124 Å². The maximum absolute atomic E-state index is 5.79. The number of nitrogens with zero attached hydrogens (tertiary/aromatic N) is 1. The number of nitrogens with one attached hydrogen (secondary N) is 1. The van der Waals surface area contributed by atoms with Crippen LogP contribution in [0.4, 0.5) is 10.7 Å². The fourth-order valence-electron chi connectivity index (χ4n) is 2.43. The molecular formula is C16H20N2OS. The third-order valence-electron chi connectivity index (χ3n) is 3.52. The maximum Gasteiger partial charge on any atom is 0.119 e. The smallest absolute Gasteiger partial charge is 0.119 e. The van der Waals surface area contributed by atoms with Crippen molar-refractivity contribution >= 4 is 22.0 Å². The minimum atomic E-state index is 0.775. The molecular weight excluding hydrogens is 268 g/mol. The van der Waals surface area contributed by atoms with Crippen molar-refractivity contribution in [2.75, 3.05) is 31.6 Å². The van der Waals surface area contributed by atoms with Crippen LogP contribution in [-0.4, -0.2) is 31.1 Å². The first-order chi connectivity index (χ1) is 9.90. The number of ether oxygens (including phenoxy) is 1. The molecule has 1 saturated heterocycles. The van der Waals surface area contributed by atoms with E-state index in [0.717, 1.165) is 29.6 Å². The molecule has 106 valence electrons. The topological polar surface area (TPSA) is 24.5 Å². The average molecular weight is 288 g/mol. The van der Waals surface area contributed by atoms with E-state index in [2.05, 4.69) is 33.8 Å². The molecule has 1 aliphatic heterocycles. The minimum Gasteiger partial charge on any atom is -0.492 e. The van der Waals surface area contributed by atoms with E-state index in [4.69, 9.17) is 4.74 Å². The standard InChI is InChI=1S/C16H20N2OS/c1-2-10-18(9-1)11-12-19-15-7-5-14(6-8-15)17-16-4-3-13-20-16/h3-8,13,17H,1-2,9-12H2. The molecule has 1 fully saturated rings. The fourth-order valence-corrected chi connectivity index (χ4v) is 3.06. The molecule has 20 heavy (non-hydrogen) atoms. The lowest BCUT2D eigenvalue weighted by Gasteiger charge is -2.15. The van der Waals surface area contributed by atoms with Crippen LogP contribution in [0.1, 0.15) is 12.8 Å². The summed E-state index contributed by atoms with van der Waals surface area (Å²) < 4.78 is 5.79. The molecule has 1 aromatic heterocycles. The molecule has 0 atom stereocenters. The van der Waals surface area contributed by atoms with Crippen LogP contribution in [0.15, 0.2) is 41.8 Å². The van der Waals surface area contributed by atoms with Gasteiger partial charge in [-0.25, -0.2) is 0 Å². The van der Waals surface area contributed by atoms with Crippen LogP contribution < -0.4 is 10.1 Å². The van der Waals surface area contributed by atoms with Crippen molar-refractivity contribution in [1.82, 2.24) is 4.90 Å². The summed E-state index contributed by atoms with van der Waals surface area (Å²) in [6, 6.07) is 12.3. The Morgan fingerprint density at radius 3 is 2.60 bits per heavy atom. The number of likely N-dealkylation sites (tertiary alicyclic amines) is 1. The second-order valence-corrected chi connectivity index (χ2v) is 5.97. The molecule has 1 aromatic carbocycles. The Balaban J connectivity index is 1.46. The third kappa shape index (κ3) is 3.74. The highest BCUT2D eigenvalue weighted by molar-refractivity contribution is 7.14. The Kier molecular flexibility index (Phi) is 4.56. The largest absolute Gasteiger partial charge is 0.492 e. The molecule has 0 amide bonds. The summed E-state index contributed by atoms with van der Waals surface area (Å²) in [5.41, 5.74) is 1.10. The first kappa shape index (κ1) is 13.5. The minimum absolute atomic E-state index is 0.775. The lowest BCUT2D eigenvalue weighted by Crippen LogP contribution is -2.25. The first-order valence-corrected chi connectivity index (χ1v) is 8.04.